The average molecular weight is 250 g/mol. The number of carbonyl (C=O) groups excluding carboxylic acids is 1. The van der Waals surface area contributed by atoms with Crippen molar-refractivity contribution in [2.75, 3.05) is 13.2 Å². The van der Waals surface area contributed by atoms with Gasteiger partial charge in [-0.25, -0.2) is 0 Å². The summed E-state index contributed by atoms with van der Waals surface area (Å²) in [6.07, 6.45) is 3.93. The van der Waals surface area contributed by atoms with Crippen LogP contribution in [0.25, 0.3) is 0 Å². The van der Waals surface area contributed by atoms with E-state index in [-0.39, 0.29) is 11.9 Å². The quantitative estimate of drug-likeness (QED) is 0.756. The summed E-state index contributed by atoms with van der Waals surface area (Å²) in [6, 6.07) is 3.88. The first-order valence-electron chi connectivity index (χ1n) is 6.42. The van der Waals surface area contributed by atoms with Gasteiger partial charge in [0.25, 0.3) is 0 Å². The van der Waals surface area contributed by atoms with Gasteiger partial charge in [-0.15, -0.1) is 0 Å². The van der Waals surface area contributed by atoms with E-state index >= 15 is 0 Å². The van der Waals surface area contributed by atoms with Gasteiger partial charge in [0.1, 0.15) is 0 Å². The predicted molar refractivity (Wildman–Crippen MR) is 71.1 cm³/mol. The lowest BCUT2D eigenvalue weighted by Gasteiger charge is -2.22. The zero-order valence-corrected chi connectivity index (χ0v) is 11.3. The Morgan fingerprint density at radius 1 is 1.50 bits per heavy atom. The summed E-state index contributed by atoms with van der Waals surface area (Å²) in [7, 11) is 0. The molecule has 1 N–H and O–H groups in total. The minimum atomic E-state index is 0.00725. The highest BCUT2D eigenvalue weighted by Gasteiger charge is 2.18. The lowest BCUT2D eigenvalue weighted by atomic mass is 9.97. The molecule has 0 saturated heterocycles. The second-order valence-corrected chi connectivity index (χ2v) is 4.52. The van der Waals surface area contributed by atoms with E-state index in [1.807, 2.05) is 19.1 Å². The fraction of sp³-hybridized carbons (Fsp3) is 0.571. The van der Waals surface area contributed by atoms with Crippen LogP contribution in [0.15, 0.2) is 24.5 Å². The van der Waals surface area contributed by atoms with Crippen LogP contribution in [0, 0.1) is 5.92 Å². The maximum atomic E-state index is 11.8. The standard InChI is InChI=1S/C14H22N2O2/c1-4-18-9-7-13(17)16-14(11(2)3)12-6-5-8-15-10-12/h5-6,8,10-11,14H,4,7,9H2,1-3H3,(H,16,17)/t14-/m1/s1. The van der Waals surface area contributed by atoms with E-state index in [4.69, 9.17) is 4.74 Å². The molecule has 0 fully saturated rings. The van der Waals surface area contributed by atoms with E-state index < -0.39 is 0 Å². The average Bonchev–Trinajstić information content (AvgIpc) is 2.37. The number of aromatic nitrogens is 1. The Labute approximate surface area is 109 Å². The van der Waals surface area contributed by atoms with Gasteiger partial charge in [-0.05, 0) is 24.5 Å². The Morgan fingerprint density at radius 3 is 2.83 bits per heavy atom. The largest absolute Gasteiger partial charge is 0.381 e. The van der Waals surface area contributed by atoms with Crippen LogP contribution in [0.5, 0.6) is 0 Å². The minimum Gasteiger partial charge on any atom is -0.381 e. The van der Waals surface area contributed by atoms with Gasteiger partial charge in [0.05, 0.1) is 12.6 Å². The first-order chi connectivity index (χ1) is 8.65. The third-order valence-electron chi connectivity index (χ3n) is 2.70. The maximum Gasteiger partial charge on any atom is 0.222 e. The van der Waals surface area contributed by atoms with Gasteiger partial charge in [-0.2, -0.15) is 0 Å². The molecule has 0 aliphatic rings. The lowest BCUT2D eigenvalue weighted by molar-refractivity contribution is -0.123. The Hall–Kier alpha value is -1.42. The molecule has 0 aromatic carbocycles. The topological polar surface area (TPSA) is 51.2 Å². The van der Waals surface area contributed by atoms with Gasteiger partial charge in [0.15, 0.2) is 0 Å². The van der Waals surface area contributed by atoms with Crippen molar-refractivity contribution in [3.8, 4) is 0 Å². The predicted octanol–water partition coefficient (Wildman–Crippen LogP) is 2.32. The van der Waals surface area contributed by atoms with Crippen LogP contribution in [0.3, 0.4) is 0 Å². The zero-order chi connectivity index (χ0) is 13.4. The smallest absolute Gasteiger partial charge is 0.222 e. The molecular weight excluding hydrogens is 228 g/mol. The Kier molecular flexibility index (Phi) is 6.36. The minimum absolute atomic E-state index is 0.00725. The molecule has 0 bridgehead atoms. The van der Waals surface area contributed by atoms with Gasteiger partial charge >= 0.3 is 0 Å². The first-order valence-corrected chi connectivity index (χ1v) is 6.42. The molecule has 0 aliphatic carbocycles. The SMILES string of the molecule is CCOCCC(=O)N[C@@H](c1cccnc1)C(C)C. The molecule has 0 saturated carbocycles. The summed E-state index contributed by atoms with van der Waals surface area (Å²) >= 11 is 0. The van der Waals surface area contributed by atoms with Crippen LogP contribution < -0.4 is 5.32 Å². The highest BCUT2D eigenvalue weighted by Crippen LogP contribution is 2.20. The molecule has 1 amide bonds. The Bertz CT molecular complexity index is 352. The number of amides is 1. The monoisotopic (exact) mass is 250 g/mol. The number of hydrogen-bond acceptors (Lipinski definition) is 3. The summed E-state index contributed by atoms with van der Waals surface area (Å²) in [5.41, 5.74) is 1.04. The summed E-state index contributed by atoms with van der Waals surface area (Å²) in [5.74, 6) is 0.344. The number of ether oxygens (including phenoxy) is 1. The lowest BCUT2D eigenvalue weighted by Crippen LogP contribution is -2.32. The highest BCUT2D eigenvalue weighted by atomic mass is 16.5. The number of pyridine rings is 1. The number of rotatable bonds is 7. The van der Waals surface area contributed by atoms with Crippen molar-refractivity contribution in [3.63, 3.8) is 0 Å². The van der Waals surface area contributed by atoms with E-state index in [1.165, 1.54) is 0 Å². The normalized spacial score (nSPS) is 12.4. The third kappa shape index (κ3) is 4.84. The molecule has 1 aromatic rings. The molecule has 1 rings (SSSR count). The van der Waals surface area contributed by atoms with Crippen LogP contribution in [-0.2, 0) is 9.53 Å². The van der Waals surface area contributed by atoms with Crippen LogP contribution in [-0.4, -0.2) is 24.1 Å². The third-order valence-corrected chi connectivity index (χ3v) is 2.70. The van der Waals surface area contributed by atoms with Crippen molar-refractivity contribution in [2.45, 2.75) is 33.2 Å². The summed E-state index contributed by atoms with van der Waals surface area (Å²) in [5, 5.41) is 3.03. The number of nitrogens with zero attached hydrogens (tertiary/aromatic N) is 1. The fourth-order valence-corrected chi connectivity index (χ4v) is 1.75. The molecule has 0 aliphatic heterocycles. The van der Waals surface area contributed by atoms with E-state index in [0.717, 1.165) is 5.56 Å². The van der Waals surface area contributed by atoms with Crippen molar-refractivity contribution in [1.29, 1.82) is 0 Å². The molecule has 4 nitrogen and oxygen atoms in total. The molecule has 0 spiro atoms. The molecule has 1 atom stereocenters. The van der Waals surface area contributed by atoms with Crippen molar-refractivity contribution in [1.82, 2.24) is 10.3 Å². The first kappa shape index (κ1) is 14.6. The molecule has 0 radical (unpaired) electrons. The van der Waals surface area contributed by atoms with Gasteiger partial charge in [-0.3, -0.25) is 9.78 Å². The van der Waals surface area contributed by atoms with Crippen molar-refractivity contribution in [2.24, 2.45) is 5.92 Å². The van der Waals surface area contributed by atoms with E-state index in [0.29, 0.717) is 25.6 Å². The molecular formula is C14H22N2O2. The fourth-order valence-electron chi connectivity index (χ4n) is 1.75. The molecule has 4 heteroatoms. The van der Waals surface area contributed by atoms with Crippen LogP contribution in [0.2, 0.25) is 0 Å². The van der Waals surface area contributed by atoms with Crippen LogP contribution in [0.4, 0.5) is 0 Å². The second kappa shape index (κ2) is 7.82. The van der Waals surface area contributed by atoms with Gasteiger partial charge in [-0.1, -0.05) is 19.9 Å². The van der Waals surface area contributed by atoms with Gasteiger partial charge < -0.3 is 10.1 Å². The Balaban J connectivity index is 2.56. The maximum absolute atomic E-state index is 11.8. The number of carbonyl (C=O) groups is 1. The molecule has 1 aromatic heterocycles. The Morgan fingerprint density at radius 2 is 2.28 bits per heavy atom. The molecule has 18 heavy (non-hydrogen) atoms. The summed E-state index contributed by atoms with van der Waals surface area (Å²) < 4.78 is 5.18. The molecule has 0 unspecified atom stereocenters. The number of nitrogens with one attached hydrogen (secondary N) is 1. The van der Waals surface area contributed by atoms with E-state index in [9.17, 15) is 4.79 Å². The molecule has 1 heterocycles. The summed E-state index contributed by atoms with van der Waals surface area (Å²) in [6.45, 7) is 7.20. The molecule has 100 valence electrons. The van der Waals surface area contributed by atoms with Crippen molar-refractivity contribution in [3.05, 3.63) is 30.1 Å². The van der Waals surface area contributed by atoms with E-state index in [2.05, 4.69) is 24.1 Å². The zero-order valence-electron chi connectivity index (χ0n) is 11.3. The van der Waals surface area contributed by atoms with Crippen molar-refractivity contribution < 1.29 is 9.53 Å². The van der Waals surface area contributed by atoms with Crippen LogP contribution >= 0.6 is 0 Å². The highest BCUT2D eigenvalue weighted by molar-refractivity contribution is 5.76. The van der Waals surface area contributed by atoms with E-state index in [1.54, 1.807) is 12.4 Å². The number of hydrogen-bond donors (Lipinski definition) is 1. The van der Waals surface area contributed by atoms with Gasteiger partial charge in [0.2, 0.25) is 5.91 Å². The van der Waals surface area contributed by atoms with Crippen LogP contribution in [0.1, 0.15) is 38.8 Å². The van der Waals surface area contributed by atoms with Crippen molar-refractivity contribution >= 4 is 5.91 Å². The van der Waals surface area contributed by atoms with Gasteiger partial charge in [0, 0.05) is 25.4 Å². The second-order valence-electron chi connectivity index (χ2n) is 4.52. The summed E-state index contributed by atoms with van der Waals surface area (Å²) in [4.78, 5) is 15.9.